The van der Waals surface area contributed by atoms with Crippen molar-refractivity contribution in [3.8, 4) is 0 Å². The van der Waals surface area contributed by atoms with Crippen LogP contribution in [0.25, 0.3) is 0 Å². The molecule has 0 saturated heterocycles. The summed E-state index contributed by atoms with van der Waals surface area (Å²) in [6, 6.07) is 0. The minimum Gasteiger partial charge on any atom is -0.465 e. The van der Waals surface area contributed by atoms with Crippen molar-refractivity contribution in [1.29, 1.82) is 0 Å². The molecule has 0 amide bonds. The second-order valence-corrected chi connectivity index (χ2v) is 3.44. The minimum absolute atomic E-state index is 0.0279. The van der Waals surface area contributed by atoms with Gasteiger partial charge in [0.1, 0.15) is 5.82 Å². The van der Waals surface area contributed by atoms with Crippen LogP contribution in [0.15, 0.2) is 6.20 Å². The lowest BCUT2D eigenvalue weighted by molar-refractivity contribution is 0.0588. The van der Waals surface area contributed by atoms with E-state index in [4.69, 9.17) is 5.73 Å². The minimum atomic E-state index is -2.81. The summed E-state index contributed by atoms with van der Waals surface area (Å²) < 4.78 is 30.1. The van der Waals surface area contributed by atoms with Gasteiger partial charge in [-0.2, -0.15) is 0 Å². The SMILES string of the molecule is COC(=O)c1cnc(N)c(CBr)c1C(F)F. The Morgan fingerprint density at radius 2 is 2.31 bits per heavy atom. The Balaban J connectivity index is 3.45. The molecule has 2 N–H and O–H groups in total. The number of aromatic nitrogens is 1. The van der Waals surface area contributed by atoms with E-state index in [1.807, 2.05) is 0 Å². The molecule has 4 nitrogen and oxygen atoms in total. The standard InChI is InChI=1S/C9H9BrF2N2O2/c1-16-9(15)5-3-14-8(13)4(2-10)6(5)7(11)12/h3,7H,2H2,1H3,(H2,13,14). The van der Waals surface area contributed by atoms with Gasteiger partial charge in [0.2, 0.25) is 0 Å². The smallest absolute Gasteiger partial charge is 0.339 e. The van der Waals surface area contributed by atoms with Gasteiger partial charge in [-0.05, 0) is 0 Å². The van der Waals surface area contributed by atoms with Gasteiger partial charge in [0.15, 0.2) is 0 Å². The van der Waals surface area contributed by atoms with E-state index in [0.29, 0.717) is 0 Å². The van der Waals surface area contributed by atoms with E-state index >= 15 is 0 Å². The van der Waals surface area contributed by atoms with E-state index in [1.54, 1.807) is 0 Å². The van der Waals surface area contributed by atoms with Gasteiger partial charge < -0.3 is 10.5 Å². The zero-order valence-corrected chi connectivity index (χ0v) is 9.92. The summed E-state index contributed by atoms with van der Waals surface area (Å²) in [6.45, 7) is 0. The third-order valence-corrected chi connectivity index (χ3v) is 2.58. The van der Waals surface area contributed by atoms with Gasteiger partial charge in [0.25, 0.3) is 6.43 Å². The van der Waals surface area contributed by atoms with E-state index in [2.05, 4.69) is 25.7 Å². The molecule has 1 aromatic heterocycles. The summed E-state index contributed by atoms with van der Waals surface area (Å²) in [5.74, 6) is -0.884. The molecule has 88 valence electrons. The molecule has 0 radical (unpaired) electrons. The van der Waals surface area contributed by atoms with Crippen molar-refractivity contribution in [2.45, 2.75) is 11.8 Å². The average molecular weight is 295 g/mol. The quantitative estimate of drug-likeness (QED) is 0.686. The highest BCUT2D eigenvalue weighted by molar-refractivity contribution is 9.08. The third-order valence-electron chi connectivity index (χ3n) is 2.01. The fraction of sp³-hybridized carbons (Fsp3) is 0.333. The molecule has 0 spiro atoms. The van der Waals surface area contributed by atoms with Crippen molar-refractivity contribution in [2.24, 2.45) is 0 Å². The lowest BCUT2D eigenvalue weighted by atomic mass is 10.1. The molecule has 0 aliphatic heterocycles. The molecule has 0 aliphatic rings. The number of halogens is 3. The Bertz CT molecular complexity index is 413. The van der Waals surface area contributed by atoms with Crippen LogP contribution in [-0.4, -0.2) is 18.1 Å². The summed E-state index contributed by atoms with van der Waals surface area (Å²) in [6.07, 6.45) is -1.82. The van der Waals surface area contributed by atoms with Gasteiger partial charge in [-0.15, -0.1) is 0 Å². The van der Waals surface area contributed by atoms with Crippen LogP contribution < -0.4 is 5.73 Å². The van der Waals surface area contributed by atoms with E-state index in [0.717, 1.165) is 13.3 Å². The number of ether oxygens (including phenoxy) is 1. The number of carbonyl (C=O) groups excluding carboxylic acids is 1. The van der Waals surface area contributed by atoms with Crippen LogP contribution >= 0.6 is 15.9 Å². The third kappa shape index (κ3) is 2.29. The average Bonchev–Trinajstić information content (AvgIpc) is 2.27. The van der Waals surface area contributed by atoms with Gasteiger partial charge in [-0.3, -0.25) is 0 Å². The number of nitrogens with two attached hydrogens (primary N) is 1. The Labute approximate surface area is 98.9 Å². The monoisotopic (exact) mass is 294 g/mol. The Morgan fingerprint density at radius 1 is 1.69 bits per heavy atom. The van der Waals surface area contributed by atoms with Crippen LogP contribution in [0.2, 0.25) is 0 Å². The van der Waals surface area contributed by atoms with Crippen LogP contribution in [0.5, 0.6) is 0 Å². The number of anilines is 1. The maximum absolute atomic E-state index is 12.8. The summed E-state index contributed by atoms with van der Waals surface area (Å²) in [5, 5.41) is 0.0936. The van der Waals surface area contributed by atoms with E-state index in [1.165, 1.54) is 0 Å². The van der Waals surface area contributed by atoms with Crippen molar-refractivity contribution >= 4 is 27.7 Å². The molecule has 1 heterocycles. The number of hydrogen-bond acceptors (Lipinski definition) is 4. The number of nitrogen functional groups attached to an aromatic ring is 1. The highest BCUT2D eigenvalue weighted by Gasteiger charge is 2.24. The molecule has 0 saturated carbocycles. The lowest BCUT2D eigenvalue weighted by Crippen LogP contribution is -2.11. The number of rotatable bonds is 3. The van der Waals surface area contributed by atoms with Crippen molar-refractivity contribution in [1.82, 2.24) is 4.98 Å². The van der Waals surface area contributed by atoms with Crippen molar-refractivity contribution in [2.75, 3.05) is 12.8 Å². The maximum atomic E-state index is 12.8. The second kappa shape index (κ2) is 5.20. The molecule has 0 bridgehead atoms. The molecular weight excluding hydrogens is 286 g/mol. The highest BCUT2D eigenvalue weighted by atomic mass is 79.9. The maximum Gasteiger partial charge on any atom is 0.339 e. The highest BCUT2D eigenvalue weighted by Crippen LogP contribution is 2.31. The fourth-order valence-electron chi connectivity index (χ4n) is 1.24. The van der Waals surface area contributed by atoms with Crippen molar-refractivity contribution < 1.29 is 18.3 Å². The molecule has 0 fully saturated rings. The summed E-state index contributed by atoms with van der Waals surface area (Å²) in [4.78, 5) is 14.9. The number of hydrogen-bond donors (Lipinski definition) is 1. The van der Waals surface area contributed by atoms with Crippen LogP contribution in [0.4, 0.5) is 14.6 Å². The molecule has 16 heavy (non-hydrogen) atoms. The predicted octanol–water partition coefficient (Wildman–Crippen LogP) is 2.28. The first kappa shape index (κ1) is 12.8. The normalized spacial score (nSPS) is 10.6. The van der Waals surface area contributed by atoms with E-state index < -0.39 is 18.0 Å². The lowest BCUT2D eigenvalue weighted by Gasteiger charge is -2.12. The number of pyridine rings is 1. The van der Waals surface area contributed by atoms with Gasteiger partial charge in [-0.25, -0.2) is 18.6 Å². The fourth-order valence-corrected chi connectivity index (χ4v) is 1.83. The summed E-state index contributed by atoms with van der Waals surface area (Å²) >= 11 is 3.03. The Hall–Kier alpha value is -1.24. The number of carbonyl (C=O) groups is 1. The van der Waals surface area contributed by atoms with Crippen molar-refractivity contribution in [3.63, 3.8) is 0 Å². The van der Waals surface area contributed by atoms with Crippen LogP contribution in [0, 0.1) is 0 Å². The summed E-state index contributed by atoms with van der Waals surface area (Å²) in [7, 11) is 1.11. The number of alkyl halides is 3. The number of esters is 1. The predicted molar refractivity (Wildman–Crippen MR) is 57.6 cm³/mol. The molecule has 1 aromatic rings. The van der Waals surface area contributed by atoms with E-state index in [-0.39, 0.29) is 22.3 Å². The molecule has 0 unspecified atom stereocenters. The zero-order valence-electron chi connectivity index (χ0n) is 8.34. The molecule has 0 aromatic carbocycles. The number of methoxy groups -OCH3 is 1. The van der Waals surface area contributed by atoms with Crippen LogP contribution in [-0.2, 0) is 10.1 Å². The van der Waals surface area contributed by atoms with Gasteiger partial charge in [0.05, 0.1) is 12.7 Å². The first-order valence-corrected chi connectivity index (χ1v) is 5.34. The van der Waals surface area contributed by atoms with Gasteiger partial charge in [0, 0.05) is 22.7 Å². The first-order valence-electron chi connectivity index (χ1n) is 4.22. The molecule has 0 atom stereocenters. The van der Waals surface area contributed by atoms with Crippen LogP contribution in [0.3, 0.4) is 0 Å². The summed E-state index contributed by atoms with van der Waals surface area (Å²) in [5.41, 5.74) is 4.87. The van der Waals surface area contributed by atoms with Gasteiger partial charge >= 0.3 is 5.97 Å². The molecule has 0 aliphatic carbocycles. The Morgan fingerprint density at radius 3 is 2.75 bits per heavy atom. The molecular formula is C9H9BrF2N2O2. The zero-order chi connectivity index (χ0) is 12.3. The molecule has 1 rings (SSSR count). The number of nitrogens with zero attached hydrogens (tertiary/aromatic N) is 1. The van der Waals surface area contributed by atoms with Crippen molar-refractivity contribution in [3.05, 3.63) is 22.9 Å². The largest absolute Gasteiger partial charge is 0.465 e. The second-order valence-electron chi connectivity index (χ2n) is 2.88. The molecule has 7 heteroatoms. The van der Waals surface area contributed by atoms with E-state index in [9.17, 15) is 13.6 Å². The van der Waals surface area contributed by atoms with Crippen LogP contribution in [0.1, 0.15) is 27.9 Å². The van der Waals surface area contributed by atoms with Gasteiger partial charge in [-0.1, -0.05) is 15.9 Å². The topological polar surface area (TPSA) is 65.2 Å². The Kier molecular flexibility index (Phi) is 4.17. The first-order chi connectivity index (χ1) is 7.52.